The van der Waals surface area contributed by atoms with E-state index in [-0.39, 0.29) is 30.1 Å². The first-order valence-corrected chi connectivity index (χ1v) is 9.45. The number of piperidine rings is 1. The van der Waals surface area contributed by atoms with Crippen molar-refractivity contribution in [2.45, 2.75) is 32.6 Å². The van der Waals surface area contributed by atoms with Crippen LogP contribution in [0.5, 0.6) is 0 Å². The molecule has 3 rings (SSSR count). The molecule has 144 valence electrons. The van der Waals surface area contributed by atoms with E-state index < -0.39 is 0 Å². The third kappa shape index (κ3) is 4.57. The van der Waals surface area contributed by atoms with Gasteiger partial charge in [0.25, 0.3) is 0 Å². The van der Waals surface area contributed by atoms with Crippen LogP contribution in [0, 0.1) is 11.8 Å². The maximum absolute atomic E-state index is 12.8. The first kappa shape index (κ1) is 20.7. The number of carbonyl (C=O) groups is 2. The molecule has 0 aliphatic carbocycles. The summed E-state index contributed by atoms with van der Waals surface area (Å²) in [6.07, 6.45) is 3.43. The molecule has 2 heterocycles. The molecule has 0 aromatic heterocycles. The van der Waals surface area contributed by atoms with E-state index in [2.05, 4.69) is 24.4 Å². The van der Waals surface area contributed by atoms with Gasteiger partial charge in [-0.2, -0.15) is 0 Å². The number of benzene rings is 1. The van der Waals surface area contributed by atoms with Crippen LogP contribution in [0.3, 0.4) is 0 Å². The molecule has 2 amide bonds. The van der Waals surface area contributed by atoms with Crippen LogP contribution in [0.15, 0.2) is 24.3 Å². The van der Waals surface area contributed by atoms with Gasteiger partial charge >= 0.3 is 0 Å². The number of nitrogens with zero attached hydrogens (tertiary/aromatic N) is 2. The predicted molar refractivity (Wildman–Crippen MR) is 107 cm³/mol. The Morgan fingerprint density at radius 2 is 1.85 bits per heavy atom. The van der Waals surface area contributed by atoms with E-state index in [4.69, 9.17) is 0 Å². The summed E-state index contributed by atoms with van der Waals surface area (Å²) in [6.45, 7) is 5.29. The zero-order valence-corrected chi connectivity index (χ0v) is 16.6. The van der Waals surface area contributed by atoms with Crippen molar-refractivity contribution in [3.05, 3.63) is 29.8 Å². The lowest BCUT2D eigenvalue weighted by Gasteiger charge is -2.33. The van der Waals surface area contributed by atoms with Crippen LogP contribution >= 0.6 is 12.4 Å². The highest BCUT2D eigenvalue weighted by Gasteiger charge is 2.37. The molecule has 0 saturated carbocycles. The molecule has 1 aromatic carbocycles. The SMILES string of the molecule is CCc1ccc(N2CC(C(=O)N3CCC(CNC)CC3)CC2=O)cc1.Cl. The molecule has 1 N–H and O–H groups in total. The Labute approximate surface area is 162 Å². The molecular formula is C20H30ClN3O2. The molecular weight excluding hydrogens is 350 g/mol. The Morgan fingerprint density at radius 3 is 2.42 bits per heavy atom. The number of hydrogen-bond donors (Lipinski definition) is 1. The molecule has 2 aliphatic heterocycles. The lowest BCUT2D eigenvalue weighted by atomic mass is 9.95. The van der Waals surface area contributed by atoms with Crippen LogP contribution in [-0.2, 0) is 16.0 Å². The van der Waals surface area contributed by atoms with Crippen molar-refractivity contribution < 1.29 is 9.59 Å². The molecule has 1 atom stereocenters. The highest BCUT2D eigenvalue weighted by molar-refractivity contribution is 6.00. The van der Waals surface area contributed by atoms with Crippen LogP contribution in [0.2, 0.25) is 0 Å². The monoisotopic (exact) mass is 379 g/mol. The topological polar surface area (TPSA) is 52.7 Å². The van der Waals surface area contributed by atoms with Gasteiger partial charge in [-0.15, -0.1) is 12.4 Å². The molecule has 1 aromatic rings. The van der Waals surface area contributed by atoms with E-state index >= 15 is 0 Å². The fourth-order valence-corrected chi connectivity index (χ4v) is 3.94. The van der Waals surface area contributed by atoms with E-state index in [1.807, 2.05) is 24.1 Å². The number of nitrogens with one attached hydrogen (secondary N) is 1. The molecule has 1 unspecified atom stereocenters. The molecule has 26 heavy (non-hydrogen) atoms. The number of carbonyl (C=O) groups excluding carboxylic acids is 2. The fourth-order valence-electron chi connectivity index (χ4n) is 3.94. The normalized spacial score (nSPS) is 21.0. The van der Waals surface area contributed by atoms with E-state index in [0.29, 0.717) is 18.9 Å². The van der Waals surface area contributed by atoms with Gasteiger partial charge in [-0.25, -0.2) is 0 Å². The van der Waals surface area contributed by atoms with Gasteiger partial charge in [0.15, 0.2) is 0 Å². The molecule has 0 bridgehead atoms. The predicted octanol–water partition coefficient (Wildman–Crippen LogP) is 2.48. The minimum absolute atomic E-state index is 0. The van der Waals surface area contributed by atoms with Gasteiger partial charge < -0.3 is 15.1 Å². The number of likely N-dealkylation sites (tertiary alicyclic amines) is 1. The average molecular weight is 380 g/mol. The van der Waals surface area contributed by atoms with Crippen molar-refractivity contribution in [3.63, 3.8) is 0 Å². The van der Waals surface area contributed by atoms with Crippen LogP contribution in [0.25, 0.3) is 0 Å². The lowest BCUT2D eigenvalue weighted by molar-refractivity contribution is -0.137. The molecule has 2 fully saturated rings. The van der Waals surface area contributed by atoms with E-state index in [1.54, 1.807) is 4.90 Å². The highest BCUT2D eigenvalue weighted by atomic mass is 35.5. The Bertz CT molecular complexity index is 612. The summed E-state index contributed by atoms with van der Waals surface area (Å²) in [5.41, 5.74) is 2.16. The fraction of sp³-hybridized carbons (Fsp3) is 0.600. The van der Waals surface area contributed by atoms with Gasteiger partial charge in [0.05, 0.1) is 5.92 Å². The number of amides is 2. The third-order valence-corrected chi connectivity index (χ3v) is 5.55. The summed E-state index contributed by atoms with van der Waals surface area (Å²) in [5, 5.41) is 3.22. The second-order valence-corrected chi connectivity index (χ2v) is 7.25. The van der Waals surface area contributed by atoms with Gasteiger partial charge in [0.1, 0.15) is 0 Å². The Kier molecular flexibility index (Phi) is 7.47. The second-order valence-electron chi connectivity index (χ2n) is 7.25. The summed E-state index contributed by atoms with van der Waals surface area (Å²) < 4.78 is 0. The smallest absolute Gasteiger partial charge is 0.228 e. The summed E-state index contributed by atoms with van der Waals surface area (Å²) in [7, 11) is 1.98. The number of rotatable bonds is 5. The van der Waals surface area contributed by atoms with Crippen molar-refractivity contribution in [3.8, 4) is 0 Å². The highest BCUT2D eigenvalue weighted by Crippen LogP contribution is 2.28. The van der Waals surface area contributed by atoms with Crippen molar-refractivity contribution in [2.24, 2.45) is 11.8 Å². The number of hydrogen-bond acceptors (Lipinski definition) is 3. The van der Waals surface area contributed by atoms with Gasteiger partial charge in [-0.1, -0.05) is 19.1 Å². The van der Waals surface area contributed by atoms with E-state index in [0.717, 1.165) is 44.6 Å². The van der Waals surface area contributed by atoms with Crippen LogP contribution in [0.4, 0.5) is 5.69 Å². The van der Waals surface area contributed by atoms with E-state index in [1.165, 1.54) is 5.56 Å². The standard InChI is InChI=1S/C20H29N3O2.ClH/c1-3-15-4-6-18(7-5-15)23-14-17(12-19(23)24)20(25)22-10-8-16(9-11-22)13-21-2;/h4-7,16-17,21H,3,8-14H2,1-2H3;1H. The van der Waals surface area contributed by atoms with Crippen LogP contribution < -0.4 is 10.2 Å². The third-order valence-electron chi connectivity index (χ3n) is 5.55. The summed E-state index contributed by atoms with van der Waals surface area (Å²) in [6, 6.07) is 8.11. The van der Waals surface area contributed by atoms with Gasteiger partial charge in [0.2, 0.25) is 11.8 Å². The Morgan fingerprint density at radius 1 is 1.19 bits per heavy atom. The number of aryl methyl sites for hydroxylation is 1. The van der Waals surface area contributed by atoms with Gasteiger partial charge in [-0.3, -0.25) is 9.59 Å². The zero-order chi connectivity index (χ0) is 17.8. The number of halogens is 1. The zero-order valence-electron chi connectivity index (χ0n) is 15.7. The van der Waals surface area contributed by atoms with Crippen molar-refractivity contribution in [1.82, 2.24) is 10.2 Å². The van der Waals surface area contributed by atoms with Gasteiger partial charge in [-0.05, 0) is 56.5 Å². The lowest BCUT2D eigenvalue weighted by Crippen LogP contribution is -2.43. The second kappa shape index (κ2) is 9.38. The largest absolute Gasteiger partial charge is 0.342 e. The maximum atomic E-state index is 12.8. The van der Waals surface area contributed by atoms with Crippen LogP contribution in [0.1, 0.15) is 31.7 Å². The molecule has 2 saturated heterocycles. The molecule has 0 spiro atoms. The van der Waals surface area contributed by atoms with Crippen molar-refractivity contribution >= 4 is 29.9 Å². The maximum Gasteiger partial charge on any atom is 0.228 e. The first-order valence-electron chi connectivity index (χ1n) is 9.45. The number of anilines is 1. The minimum Gasteiger partial charge on any atom is -0.342 e. The summed E-state index contributed by atoms with van der Waals surface area (Å²) in [4.78, 5) is 29.0. The Balaban J connectivity index is 0.00000243. The van der Waals surface area contributed by atoms with Crippen LogP contribution in [-0.4, -0.2) is 49.9 Å². The summed E-state index contributed by atoms with van der Waals surface area (Å²) in [5.74, 6) is 0.684. The average Bonchev–Trinajstić information content (AvgIpc) is 3.04. The van der Waals surface area contributed by atoms with E-state index in [9.17, 15) is 9.59 Å². The first-order chi connectivity index (χ1) is 12.1. The quantitative estimate of drug-likeness (QED) is 0.855. The molecule has 2 aliphatic rings. The molecule has 6 heteroatoms. The van der Waals surface area contributed by atoms with Crippen molar-refractivity contribution in [2.75, 3.05) is 38.1 Å². The minimum atomic E-state index is -0.195. The molecule has 0 radical (unpaired) electrons. The van der Waals surface area contributed by atoms with Crippen molar-refractivity contribution in [1.29, 1.82) is 0 Å². The summed E-state index contributed by atoms with van der Waals surface area (Å²) >= 11 is 0. The molecule has 5 nitrogen and oxygen atoms in total. The van der Waals surface area contributed by atoms with Gasteiger partial charge in [0, 0.05) is 31.7 Å². The Hall–Kier alpha value is -1.59.